The lowest BCUT2D eigenvalue weighted by atomic mass is 9.95. The van der Waals surface area contributed by atoms with E-state index in [1.807, 2.05) is 0 Å². The average molecular weight is 413 g/mol. The summed E-state index contributed by atoms with van der Waals surface area (Å²) in [7, 11) is 0. The number of aromatic nitrogens is 1. The van der Waals surface area contributed by atoms with Crippen LogP contribution in [0.2, 0.25) is 0 Å². The van der Waals surface area contributed by atoms with Crippen molar-refractivity contribution in [3.05, 3.63) is 17.7 Å². The van der Waals surface area contributed by atoms with Gasteiger partial charge >= 0.3 is 0 Å². The van der Waals surface area contributed by atoms with Gasteiger partial charge in [0.1, 0.15) is 17.7 Å². The van der Waals surface area contributed by atoms with Crippen molar-refractivity contribution in [1.29, 1.82) is 5.26 Å². The van der Waals surface area contributed by atoms with Crippen molar-refractivity contribution in [3.63, 3.8) is 0 Å². The molecule has 0 aliphatic heterocycles. The second-order valence-electron chi connectivity index (χ2n) is 8.22. The molecule has 0 unspecified atom stereocenters. The number of anilines is 2. The van der Waals surface area contributed by atoms with Crippen LogP contribution in [0.25, 0.3) is 0 Å². The molecular weight excluding hydrogens is 380 g/mol. The normalized spacial score (nSPS) is 17.6. The van der Waals surface area contributed by atoms with Gasteiger partial charge in [0.2, 0.25) is 11.8 Å². The number of nitrogens with zero attached hydrogens (tertiary/aromatic N) is 2. The van der Waals surface area contributed by atoms with Gasteiger partial charge in [0.05, 0.1) is 18.7 Å². The van der Waals surface area contributed by atoms with Crippen LogP contribution in [0.3, 0.4) is 0 Å². The SMILES string of the molecule is N#Cc1ccc(NCC(=O)NC2CCCCC2)nc1NCC(=O)NC1CCCCC1. The predicted octanol–water partition coefficient (Wildman–Crippen LogP) is 2.67. The van der Waals surface area contributed by atoms with Crippen molar-refractivity contribution in [2.24, 2.45) is 0 Å². The molecule has 2 amide bonds. The zero-order valence-electron chi connectivity index (χ0n) is 17.5. The van der Waals surface area contributed by atoms with Gasteiger partial charge in [0.25, 0.3) is 0 Å². The van der Waals surface area contributed by atoms with E-state index in [1.165, 1.54) is 25.7 Å². The molecule has 3 rings (SSSR count). The number of hydrogen-bond acceptors (Lipinski definition) is 6. The fourth-order valence-corrected chi connectivity index (χ4v) is 4.17. The molecule has 0 aromatic carbocycles. The number of rotatable bonds is 8. The van der Waals surface area contributed by atoms with Crippen LogP contribution in [-0.4, -0.2) is 42.0 Å². The third-order valence-corrected chi connectivity index (χ3v) is 5.80. The van der Waals surface area contributed by atoms with Gasteiger partial charge in [0.15, 0.2) is 0 Å². The Balaban J connectivity index is 1.48. The molecule has 2 aliphatic carbocycles. The summed E-state index contributed by atoms with van der Waals surface area (Å²) < 4.78 is 0. The molecule has 2 aliphatic rings. The average Bonchev–Trinajstić information content (AvgIpc) is 2.77. The minimum atomic E-state index is -0.0992. The highest BCUT2D eigenvalue weighted by Crippen LogP contribution is 2.19. The first kappa shape index (κ1) is 21.9. The maximum atomic E-state index is 12.2. The molecule has 1 heterocycles. The second-order valence-corrected chi connectivity index (χ2v) is 8.22. The fraction of sp³-hybridized carbons (Fsp3) is 0.636. The Labute approximate surface area is 178 Å². The van der Waals surface area contributed by atoms with Gasteiger partial charge in [-0.1, -0.05) is 38.5 Å². The molecule has 0 radical (unpaired) electrons. The summed E-state index contributed by atoms with van der Waals surface area (Å²) in [5.74, 6) is 0.671. The van der Waals surface area contributed by atoms with Crippen molar-refractivity contribution >= 4 is 23.5 Å². The maximum absolute atomic E-state index is 12.2. The van der Waals surface area contributed by atoms with Crippen LogP contribution >= 0.6 is 0 Å². The van der Waals surface area contributed by atoms with E-state index in [0.717, 1.165) is 38.5 Å². The van der Waals surface area contributed by atoms with Crippen molar-refractivity contribution in [2.75, 3.05) is 23.7 Å². The van der Waals surface area contributed by atoms with E-state index in [2.05, 4.69) is 32.3 Å². The highest BCUT2D eigenvalue weighted by molar-refractivity contribution is 5.82. The van der Waals surface area contributed by atoms with E-state index >= 15 is 0 Å². The van der Waals surface area contributed by atoms with Crippen LogP contribution in [-0.2, 0) is 9.59 Å². The molecule has 8 nitrogen and oxygen atoms in total. The van der Waals surface area contributed by atoms with E-state index in [0.29, 0.717) is 17.2 Å². The topological polar surface area (TPSA) is 119 Å². The number of carbonyl (C=O) groups is 2. The van der Waals surface area contributed by atoms with Crippen LogP contribution in [0.1, 0.15) is 69.8 Å². The molecule has 1 aromatic heterocycles. The number of nitriles is 1. The first-order valence-corrected chi connectivity index (χ1v) is 11.1. The molecule has 1 aromatic rings. The van der Waals surface area contributed by atoms with Crippen molar-refractivity contribution < 1.29 is 9.59 Å². The quantitative estimate of drug-likeness (QED) is 0.521. The second kappa shape index (κ2) is 11.4. The summed E-state index contributed by atoms with van der Waals surface area (Å²) in [6.45, 7) is 0.181. The molecule has 4 N–H and O–H groups in total. The van der Waals surface area contributed by atoms with E-state index in [9.17, 15) is 14.9 Å². The molecule has 8 heteroatoms. The van der Waals surface area contributed by atoms with Crippen molar-refractivity contribution in [1.82, 2.24) is 15.6 Å². The van der Waals surface area contributed by atoms with Gasteiger partial charge < -0.3 is 21.3 Å². The largest absolute Gasteiger partial charge is 0.361 e. The lowest BCUT2D eigenvalue weighted by molar-refractivity contribution is -0.121. The van der Waals surface area contributed by atoms with Crippen LogP contribution in [0.4, 0.5) is 11.6 Å². The Morgan fingerprint density at radius 1 is 0.867 bits per heavy atom. The zero-order valence-corrected chi connectivity index (χ0v) is 17.5. The molecule has 0 atom stereocenters. The summed E-state index contributed by atoms with van der Waals surface area (Å²) in [4.78, 5) is 28.8. The Morgan fingerprint density at radius 3 is 1.93 bits per heavy atom. The maximum Gasteiger partial charge on any atom is 0.239 e. The van der Waals surface area contributed by atoms with Gasteiger partial charge in [-0.3, -0.25) is 9.59 Å². The lowest BCUT2D eigenvalue weighted by Gasteiger charge is -2.23. The Morgan fingerprint density at radius 2 is 1.40 bits per heavy atom. The molecule has 2 fully saturated rings. The molecule has 2 saturated carbocycles. The van der Waals surface area contributed by atoms with E-state index in [1.54, 1.807) is 12.1 Å². The monoisotopic (exact) mass is 412 g/mol. The van der Waals surface area contributed by atoms with E-state index in [-0.39, 0.29) is 37.0 Å². The third kappa shape index (κ3) is 6.90. The molecule has 0 spiro atoms. The zero-order chi connectivity index (χ0) is 21.2. The van der Waals surface area contributed by atoms with E-state index in [4.69, 9.17) is 0 Å². The van der Waals surface area contributed by atoms with Crippen LogP contribution in [0, 0.1) is 11.3 Å². The minimum absolute atomic E-state index is 0.0593. The highest BCUT2D eigenvalue weighted by atomic mass is 16.2. The van der Waals surface area contributed by atoms with Crippen LogP contribution < -0.4 is 21.3 Å². The number of pyridine rings is 1. The van der Waals surface area contributed by atoms with Crippen LogP contribution in [0.15, 0.2) is 12.1 Å². The predicted molar refractivity (Wildman–Crippen MR) is 116 cm³/mol. The summed E-state index contributed by atoms with van der Waals surface area (Å²) in [5.41, 5.74) is 0.359. The molecule has 0 bridgehead atoms. The van der Waals surface area contributed by atoms with Gasteiger partial charge in [0, 0.05) is 12.1 Å². The van der Waals surface area contributed by atoms with Gasteiger partial charge in [-0.15, -0.1) is 0 Å². The summed E-state index contributed by atoms with van der Waals surface area (Å²) >= 11 is 0. The molecular formula is C22H32N6O2. The first-order chi connectivity index (χ1) is 14.6. The van der Waals surface area contributed by atoms with Crippen molar-refractivity contribution in [2.45, 2.75) is 76.3 Å². The highest BCUT2D eigenvalue weighted by Gasteiger charge is 2.17. The fourth-order valence-electron chi connectivity index (χ4n) is 4.17. The van der Waals surface area contributed by atoms with Crippen LogP contribution in [0.5, 0.6) is 0 Å². The summed E-state index contributed by atoms with van der Waals surface area (Å²) in [5, 5.41) is 21.4. The Hall–Kier alpha value is -2.82. The Bertz CT molecular complexity index is 763. The lowest BCUT2D eigenvalue weighted by Crippen LogP contribution is -2.39. The summed E-state index contributed by atoms with van der Waals surface area (Å²) in [6, 6.07) is 5.89. The number of nitrogens with one attached hydrogen (secondary N) is 4. The smallest absolute Gasteiger partial charge is 0.239 e. The minimum Gasteiger partial charge on any atom is -0.361 e. The molecule has 30 heavy (non-hydrogen) atoms. The Kier molecular flexibility index (Phi) is 8.30. The number of amides is 2. The number of hydrogen-bond donors (Lipinski definition) is 4. The summed E-state index contributed by atoms with van der Waals surface area (Å²) in [6.07, 6.45) is 11.2. The number of carbonyl (C=O) groups excluding carboxylic acids is 2. The third-order valence-electron chi connectivity index (χ3n) is 5.80. The molecule has 162 valence electrons. The van der Waals surface area contributed by atoms with Gasteiger partial charge in [-0.05, 0) is 37.8 Å². The first-order valence-electron chi connectivity index (χ1n) is 11.1. The van der Waals surface area contributed by atoms with Crippen molar-refractivity contribution in [3.8, 4) is 6.07 Å². The van der Waals surface area contributed by atoms with E-state index < -0.39 is 0 Å². The standard InChI is InChI=1S/C22H32N6O2/c23-13-16-11-12-19(24-14-20(29)26-17-7-3-1-4-8-17)28-22(16)25-15-21(30)27-18-9-5-2-6-10-18/h11-12,17-18H,1-10,14-15H2,(H,26,29)(H,27,30)(H2,24,25,28). The van der Waals surface area contributed by atoms with Gasteiger partial charge in [-0.25, -0.2) is 4.98 Å². The van der Waals surface area contributed by atoms with Gasteiger partial charge in [-0.2, -0.15) is 5.26 Å². The molecule has 0 saturated heterocycles.